The summed E-state index contributed by atoms with van der Waals surface area (Å²) in [7, 11) is 0. The Hall–Kier alpha value is -0.600. The molecule has 0 saturated carbocycles. The lowest BCUT2D eigenvalue weighted by Crippen LogP contribution is -2.06. The number of nitrogens with zero attached hydrogens (tertiary/aromatic N) is 2. The van der Waals surface area contributed by atoms with Crippen molar-refractivity contribution < 1.29 is 11.0 Å². The van der Waals surface area contributed by atoms with E-state index in [0.717, 1.165) is 0 Å². The van der Waals surface area contributed by atoms with Crippen LogP contribution in [0.1, 0.15) is 17.8 Å². The molecule has 0 unspecified atom stereocenters. The number of nitroso groups, excluding NO2 is 1. The van der Waals surface area contributed by atoms with Gasteiger partial charge in [0.2, 0.25) is 0 Å². The summed E-state index contributed by atoms with van der Waals surface area (Å²) < 4.78 is 54.2. The lowest BCUT2D eigenvalue weighted by Gasteiger charge is -1.99. The van der Waals surface area contributed by atoms with Gasteiger partial charge in [-0.1, -0.05) is 0 Å². The third-order valence-corrected chi connectivity index (χ3v) is 0.188. The van der Waals surface area contributed by atoms with Gasteiger partial charge in [0.25, 0.3) is 0 Å². The SMILES string of the molecule is [2H]C([2H])([2H])N(N=O)C([2H])([2H])C([2H])([2H])[2H]. The predicted molar refractivity (Wildman–Crippen MR) is 24.1 cm³/mol. The van der Waals surface area contributed by atoms with Gasteiger partial charge in [-0.25, -0.2) is 0 Å². The first kappa shape index (κ1) is 0.680. The van der Waals surface area contributed by atoms with Gasteiger partial charge >= 0.3 is 0 Å². The van der Waals surface area contributed by atoms with Crippen molar-refractivity contribution in [3.63, 3.8) is 0 Å². The zero-order chi connectivity index (χ0) is 11.8. The average Bonchev–Trinajstić information content (AvgIpc) is 1.80. The van der Waals surface area contributed by atoms with E-state index < -0.39 is 25.3 Å². The second-order valence-electron chi connectivity index (χ2n) is 0.505. The highest BCUT2D eigenvalue weighted by Gasteiger charge is 1.80. The highest BCUT2D eigenvalue weighted by Crippen LogP contribution is 1.74. The fourth-order valence-corrected chi connectivity index (χ4v) is 0.0204. The Morgan fingerprint density at radius 2 is 3.17 bits per heavy atom. The van der Waals surface area contributed by atoms with Gasteiger partial charge in [-0.3, -0.25) is 5.01 Å². The molecule has 0 radical (unpaired) electrons. The highest BCUT2D eigenvalue weighted by atomic mass is 16.3. The fourth-order valence-electron chi connectivity index (χ4n) is 0.0204. The first-order valence-corrected chi connectivity index (χ1v) is 1.08. The Kier molecular flexibility index (Phi) is 0.298. The van der Waals surface area contributed by atoms with Crippen molar-refractivity contribution in [1.82, 2.24) is 5.01 Å². The van der Waals surface area contributed by atoms with Crippen LogP contribution in [-0.4, -0.2) is 18.5 Å². The smallest absolute Gasteiger partial charge is 0.0521 e. The van der Waals surface area contributed by atoms with E-state index in [0.29, 0.717) is 0 Å². The lowest BCUT2D eigenvalue weighted by atomic mass is 10.8. The third kappa shape index (κ3) is 1.69. The van der Waals surface area contributed by atoms with Crippen LogP contribution in [0.4, 0.5) is 0 Å². The van der Waals surface area contributed by atoms with Gasteiger partial charge in [0, 0.05) is 21.7 Å². The van der Waals surface area contributed by atoms with Crippen LogP contribution >= 0.6 is 0 Å². The molecule has 0 heterocycles. The summed E-state index contributed by atoms with van der Waals surface area (Å²) >= 11 is 0. The van der Waals surface area contributed by atoms with Crippen molar-refractivity contribution in [2.75, 3.05) is 13.5 Å². The maximum atomic E-state index is 10.1. The molecule has 0 spiro atoms. The molecule has 0 bridgehead atoms. The van der Waals surface area contributed by atoms with E-state index >= 15 is 0 Å². The van der Waals surface area contributed by atoms with Gasteiger partial charge in [0.1, 0.15) is 0 Å². The van der Waals surface area contributed by atoms with Gasteiger partial charge < -0.3 is 0 Å². The largest absolute Gasteiger partial charge is 0.264 e. The lowest BCUT2D eigenvalue weighted by molar-refractivity contribution is 0.370. The molecule has 0 amide bonds. The van der Waals surface area contributed by atoms with Crippen LogP contribution in [0.5, 0.6) is 0 Å². The Morgan fingerprint density at radius 1 is 2.33 bits per heavy atom. The van der Waals surface area contributed by atoms with Gasteiger partial charge in [0.15, 0.2) is 0 Å². The molecule has 3 heteroatoms. The molecule has 0 atom stereocenters. The normalized spacial score (nSPS) is 34.0. The van der Waals surface area contributed by atoms with Crippen LogP contribution in [0.2, 0.25) is 0 Å². The van der Waals surface area contributed by atoms with Gasteiger partial charge in [-0.05, 0) is 6.85 Å². The molecule has 0 rings (SSSR count). The zero-order valence-corrected chi connectivity index (χ0v) is 2.80. The van der Waals surface area contributed by atoms with Gasteiger partial charge in [-0.15, -0.1) is 4.91 Å². The molecular formula is C3H8N2O. The second kappa shape index (κ2) is 2.63. The molecule has 3 nitrogen and oxygen atoms in total. The Balaban J connectivity index is 5.15. The van der Waals surface area contributed by atoms with E-state index in [4.69, 9.17) is 11.0 Å². The number of rotatable bonds is 2. The van der Waals surface area contributed by atoms with E-state index in [1.807, 2.05) is 5.29 Å². The highest BCUT2D eigenvalue weighted by molar-refractivity contribution is 4.29. The Labute approximate surface area is 48.1 Å². The van der Waals surface area contributed by atoms with E-state index in [1.165, 1.54) is 0 Å². The minimum atomic E-state index is -3.32. The first-order valence-electron chi connectivity index (χ1n) is 5.08. The fraction of sp³-hybridized carbons (Fsp3) is 1.00. The van der Waals surface area contributed by atoms with Gasteiger partial charge in [0.05, 0.1) is 8.03 Å². The summed E-state index contributed by atoms with van der Waals surface area (Å²) in [6, 6.07) is 0. The Bertz CT molecular complexity index is 218. The van der Waals surface area contributed by atoms with Crippen molar-refractivity contribution in [1.29, 1.82) is 0 Å². The van der Waals surface area contributed by atoms with Crippen molar-refractivity contribution >= 4 is 0 Å². The van der Waals surface area contributed by atoms with Crippen molar-refractivity contribution in [3.05, 3.63) is 4.91 Å². The van der Waals surface area contributed by atoms with Gasteiger partial charge in [-0.2, -0.15) is 0 Å². The topological polar surface area (TPSA) is 32.7 Å². The molecule has 0 aliphatic heterocycles. The number of hydrogen-bond donors (Lipinski definition) is 0. The summed E-state index contributed by atoms with van der Waals surface area (Å²) in [5.41, 5.74) is 0. The standard InChI is InChI=1S/C3H8N2O/c1-3-5(2)4-6/h3H2,1-2H3/i1D3,2D3,3D2. The quantitative estimate of drug-likeness (QED) is 0.373. The molecule has 0 aliphatic rings. The first-order chi connectivity index (χ1) is 5.94. The van der Waals surface area contributed by atoms with Crippen molar-refractivity contribution in [3.8, 4) is 0 Å². The van der Waals surface area contributed by atoms with Crippen molar-refractivity contribution in [2.45, 2.75) is 6.85 Å². The molecule has 0 N–H and O–H groups in total. The van der Waals surface area contributed by atoms with E-state index in [-0.39, 0.29) is 0 Å². The number of hydrogen-bond acceptors (Lipinski definition) is 2. The zero-order valence-electron chi connectivity index (χ0n) is 10.8. The van der Waals surface area contributed by atoms with Crippen LogP contribution in [0, 0.1) is 4.91 Å². The summed E-state index contributed by atoms with van der Waals surface area (Å²) in [6.45, 7) is -9.81. The van der Waals surface area contributed by atoms with Crippen LogP contribution in [0.25, 0.3) is 0 Å². The van der Waals surface area contributed by atoms with Crippen LogP contribution in [0.15, 0.2) is 5.29 Å². The predicted octanol–water partition coefficient (Wildman–Crippen LogP) is 0.620. The summed E-state index contributed by atoms with van der Waals surface area (Å²) in [5, 5.41) is 1.31. The van der Waals surface area contributed by atoms with E-state index in [9.17, 15) is 4.91 Å². The summed E-state index contributed by atoms with van der Waals surface area (Å²) in [5.74, 6) is 0. The van der Waals surface area contributed by atoms with E-state index in [1.54, 1.807) is 0 Å². The molecule has 0 aromatic heterocycles. The Morgan fingerprint density at radius 3 is 3.33 bits per heavy atom. The van der Waals surface area contributed by atoms with E-state index in [2.05, 4.69) is 0 Å². The third-order valence-electron chi connectivity index (χ3n) is 0.188. The molecule has 36 valence electrons. The minimum Gasteiger partial charge on any atom is -0.264 e. The second-order valence-corrected chi connectivity index (χ2v) is 0.505. The molecule has 0 aliphatic carbocycles. The van der Waals surface area contributed by atoms with Crippen LogP contribution in [-0.2, 0) is 0 Å². The molecular weight excluding hydrogens is 80.0 g/mol. The monoisotopic (exact) mass is 96.1 g/mol. The summed E-state index contributed by atoms with van der Waals surface area (Å²) in [4.78, 5) is 10.1. The van der Waals surface area contributed by atoms with Crippen LogP contribution in [0.3, 0.4) is 0 Å². The molecule has 6 heavy (non-hydrogen) atoms. The molecule has 0 aromatic carbocycles. The molecule has 0 aromatic rings. The van der Waals surface area contributed by atoms with Crippen molar-refractivity contribution in [2.24, 2.45) is 5.29 Å². The molecule has 0 fully saturated rings. The average molecular weight is 96.2 g/mol. The minimum absolute atomic E-state index is 0.576. The maximum Gasteiger partial charge on any atom is 0.0521 e. The maximum absolute atomic E-state index is 10.1. The summed E-state index contributed by atoms with van der Waals surface area (Å²) in [6.07, 6.45) is 0. The molecule has 0 saturated heterocycles. The van der Waals surface area contributed by atoms with Crippen LogP contribution < -0.4 is 0 Å².